The maximum absolute atomic E-state index is 12.2. The molecule has 1 rings (SSSR count). The number of unbranched alkanes of at least 4 members (excludes halogenated alkanes) is 1. The Morgan fingerprint density at radius 2 is 2.00 bits per heavy atom. The highest BCUT2D eigenvalue weighted by atomic mass is 16.6. The number of nitrogens with zero attached hydrogens (tertiary/aromatic N) is 1. The minimum atomic E-state index is -0.445. The number of ether oxygens (including phenoxy) is 1. The van der Waals surface area contributed by atoms with Crippen molar-refractivity contribution in [2.45, 2.75) is 71.9 Å². The molecule has 1 N–H and O–H groups in total. The predicted molar refractivity (Wildman–Crippen MR) is 76.1 cm³/mol. The standard InChI is InChI=1S/C15H29NO3/c1-14(2,3)19-13(18)16-11-15(4,5)10-12(16)8-6-7-9-17/h12,17H,6-11H2,1-5H3. The first kappa shape index (κ1) is 16.3. The van der Waals surface area contributed by atoms with Gasteiger partial charge in [0, 0.05) is 19.2 Å². The van der Waals surface area contributed by atoms with Crippen LogP contribution in [0.25, 0.3) is 0 Å². The summed E-state index contributed by atoms with van der Waals surface area (Å²) in [6.07, 6.45) is 3.52. The van der Waals surface area contributed by atoms with Gasteiger partial charge in [0.05, 0.1) is 0 Å². The third-order valence-electron chi connectivity index (χ3n) is 3.40. The van der Waals surface area contributed by atoms with Crippen LogP contribution in [0.4, 0.5) is 4.79 Å². The number of carbonyl (C=O) groups excluding carboxylic acids is 1. The van der Waals surface area contributed by atoms with E-state index in [0.29, 0.717) is 0 Å². The van der Waals surface area contributed by atoms with Crippen LogP contribution >= 0.6 is 0 Å². The van der Waals surface area contributed by atoms with Gasteiger partial charge >= 0.3 is 6.09 Å². The normalized spacial score (nSPS) is 22.6. The Labute approximate surface area is 117 Å². The van der Waals surface area contributed by atoms with Gasteiger partial charge in [0.2, 0.25) is 0 Å². The van der Waals surface area contributed by atoms with Gasteiger partial charge in [-0.15, -0.1) is 0 Å². The average molecular weight is 271 g/mol. The number of hydrogen-bond donors (Lipinski definition) is 1. The van der Waals surface area contributed by atoms with Crippen LogP contribution in [0.3, 0.4) is 0 Å². The number of aliphatic hydroxyl groups is 1. The Balaban J connectivity index is 2.63. The second-order valence-electron chi connectivity index (χ2n) is 7.35. The van der Waals surface area contributed by atoms with E-state index in [1.54, 1.807) is 0 Å². The van der Waals surface area contributed by atoms with Crippen molar-refractivity contribution in [2.75, 3.05) is 13.2 Å². The van der Waals surface area contributed by atoms with Crippen LogP contribution in [0.5, 0.6) is 0 Å². The van der Waals surface area contributed by atoms with E-state index in [2.05, 4.69) is 13.8 Å². The van der Waals surface area contributed by atoms with E-state index in [0.717, 1.165) is 32.2 Å². The van der Waals surface area contributed by atoms with Crippen LogP contribution in [-0.4, -0.2) is 40.9 Å². The molecule has 19 heavy (non-hydrogen) atoms. The molecular weight excluding hydrogens is 242 g/mol. The van der Waals surface area contributed by atoms with Crippen molar-refractivity contribution in [3.05, 3.63) is 0 Å². The summed E-state index contributed by atoms with van der Waals surface area (Å²) in [5, 5.41) is 8.87. The van der Waals surface area contributed by atoms with Crippen molar-refractivity contribution < 1.29 is 14.6 Å². The second kappa shape index (κ2) is 6.12. The van der Waals surface area contributed by atoms with Crippen molar-refractivity contribution in [2.24, 2.45) is 5.41 Å². The molecule has 1 heterocycles. The summed E-state index contributed by atoms with van der Waals surface area (Å²) >= 11 is 0. The Bertz CT molecular complexity index is 307. The van der Waals surface area contributed by atoms with E-state index >= 15 is 0 Å². The zero-order valence-corrected chi connectivity index (χ0v) is 13.0. The van der Waals surface area contributed by atoms with Crippen LogP contribution in [0.15, 0.2) is 0 Å². The number of likely N-dealkylation sites (tertiary alicyclic amines) is 1. The van der Waals surface area contributed by atoms with Crippen molar-refractivity contribution in [3.63, 3.8) is 0 Å². The summed E-state index contributed by atoms with van der Waals surface area (Å²) in [5.41, 5.74) is -0.291. The van der Waals surface area contributed by atoms with Gasteiger partial charge in [-0.3, -0.25) is 0 Å². The molecule has 1 atom stereocenters. The van der Waals surface area contributed by atoms with Crippen LogP contribution in [0.2, 0.25) is 0 Å². The Morgan fingerprint density at radius 1 is 1.37 bits per heavy atom. The molecule has 0 aliphatic carbocycles. The van der Waals surface area contributed by atoms with Gasteiger partial charge in [-0.05, 0) is 51.9 Å². The SMILES string of the molecule is CC1(C)CC(CCCCO)N(C(=O)OC(C)(C)C)C1. The molecule has 1 unspecified atom stereocenters. The molecule has 1 amide bonds. The Kier molecular flexibility index (Phi) is 5.25. The summed E-state index contributed by atoms with van der Waals surface area (Å²) in [4.78, 5) is 14.1. The van der Waals surface area contributed by atoms with Crippen molar-refractivity contribution in [3.8, 4) is 0 Å². The van der Waals surface area contributed by atoms with E-state index in [4.69, 9.17) is 9.84 Å². The molecule has 0 bridgehead atoms. The molecule has 112 valence electrons. The van der Waals surface area contributed by atoms with Gasteiger partial charge in [-0.1, -0.05) is 13.8 Å². The molecule has 1 aliphatic heterocycles. The first-order valence-corrected chi connectivity index (χ1v) is 7.25. The summed E-state index contributed by atoms with van der Waals surface area (Å²) in [7, 11) is 0. The molecule has 4 heteroatoms. The van der Waals surface area contributed by atoms with Gasteiger partial charge in [0.25, 0.3) is 0 Å². The smallest absolute Gasteiger partial charge is 0.410 e. The number of amides is 1. The lowest BCUT2D eigenvalue weighted by molar-refractivity contribution is 0.0206. The maximum Gasteiger partial charge on any atom is 0.410 e. The third kappa shape index (κ3) is 5.39. The number of rotatable bonds is 4. The lowest BCUT2D eigenvalue weighted by atomic mass is 9.89. The number of aliphatic hydroxyl groups excluding tert-OH is 1. The van der Waals surface area contributed by atoms with Gasteiger partial charge in [0.15, 0.2) is 0 Å². The second-order valence-corrected chi connectivity index (χ2v) is 7.35. The molecule has 0 aromatic carbocycles. The summed E-state index contributed by atoms with van der Waals surface area (Å²) in [6, 6.07) is 0.247. The molecule has 0 radical (unpaired) electrons. The van der Waals surface area contributed by atoms with Crippen LogP contribution in [-0.2, 0) is 4.74 Å². The number of carbonyl (C=O) groups is 1. The first-order chi connectivity index (χ1) is 8.64. The maximum atomic E-state index is 12.2. The van der Waals surface area contributed by atoms with Crippen LogP contribution < -0.4 is 0 Å². The minimum absolute atomic E-state index is 0.154. The fourth-order valence-corrected chi connectivity index (χ4v) is 2.69. The molecule has 1 aliphatic rings. The van der Waals surface area contributed by atoms with E-state index in [1.807, 2.05) is 25.7 Å². The van der Waals surface area contributed by atoms with Crippen molar-refractivity contribution in [1.29, 1.82) is 0 Å². The lowest BCUT2D eigenvalue weighted by Crippen LogP contribution is -2.40. The average Bonchev–Trinajstić information content (AvgIpc) is 2.52. The fourth-order valence-electron chi connectivity index (χ4n) is 2.69. The highest BCUT2D eigenvalue weighted by Crippen LogP contribution is 2.36. The molecule has 0 aromatic rings. The molecule has 4 nitrogen and oxygen atoms in total. The summed E-state index contributed by atoms with van der Waals surface area (Å²) in [5.74, 6) is 0. The first-order valence-electron chi connectivity index (χ1n) is 7.25. The van der Waals surface area contributed by atoms with E-state index in [-0.39, 0.29) is 24.2 Å². The monoisotopic (exact) mass is 271 g/mol. The molecule has 1 fully saturated rings. The van der Waals surface area contributed by atoms with Crippen molar-refractivity contribution in [1.82, 2.24) is 4.90 Å². The molecule has 0 saturated carbocycles. The zero-order chi connectivity index (χ0) is 14.7. The van der Waals surface area contributed by atoms with E-state index in [9.17, 15) is 4.79 Å². The summed E-state index contributed by atoms with van der Waals surface area (Å²) < 4.78 is 5.49. The van der Waals surface area contributed by atoms with Crippen LogP contribution in [0, 0.1) is 5.41 Å². The topological polar surface area (TPSA) is 49.8 Å². The lowest BCUT2D eigenvalue weighted by Gasteiger charge is -2.28. The minimum Gasteiger partial charge on any atom is -0.444 e. The van der Waals surface area contributed by atoms with Gasteiger partial charge < -0.3 is 14.7 Å². The molecule has 1 saturated heterocycles. The third-order valence-corrected chi connectivity index (χ3v) is 3.40. The highest BCUT2D eigenvalue weighted by molar-refractivity contribution is 5.69. The van der Waals surface area contributed by atoms with Gasteiger partial charge in [0.1, 0.15) is 5.60 Å². The van der Waals surface area contributed by atoms with Crippen LogP contribution in [0.1, 0.15) is 60.3 Å². The van der Waals surface area contributed by atoms with Gasteiger partial charge in [-0.25, -0.2) is 4.79 Å². The van der Waals surface area contributed by atoms with E-state index < -0.39 is 5.60 Å². The Hall–Kier alpha value is -0.770. The molecule has 0 aromatic heterocycles. The molecule has 0 spiro atoms. The fraction of sp³-hybridized carbons (Fsp3) is 0.933. The largest absolute Gasteiger partial charge is 0.444 e. The molecular formula is C15H29NO3. The highest BCUT2D eigenvalue weighted by Gasteiger charge is 2.41. The Morgan fingerprint density at radius 3 is 2.53 bits per heavy atom. The quantitative estimate of drug-likeness (QED) is 0.799. The van der Waals surface area contributed by atoms with Crippen molar-refractivity contribution >= 4 is 6.09 Å². The van der Waals surface area contributed by atoms with E-state index in [1.165, 1.54) is 0 Å². The summed E-state index contributed by atoms with van der Waals surface area (Å²) in [6.45, 7) is 11.0. The zero-order valence-electron chi connectivity index (χ0n) is 13.0. The number of hydrogen-bond acceptors (Lipinski definition) is 3. The predicted octanol–water partition coefficient (Wildman–Crippen LogP) is 3.18. The van der Waals surface area contributed by atoms with Gasteiger partial charge in [-0.2, -0.15) is 0 Å².